The second-order valence-corrected chi connectivity index (χ2v) is 18.2. The minimum Gasteiger partial charge on any atom is -0.330 e. The second kappa shape index (κ2) is 13.8. The van der Waals surface area contributed by atoms with Crippen molar-refractivity contribution in [3.8, 4) is 11.4 Å². The lowest BCUT2D eigenvalue weighted by Gasteiger charge is -2.29. The standard InChI is InChI=1S/C48H50N8S2/c1-9-13-23-47(5,11-3)36-26-34-33(40-42(36)54-58-52-40)25-35(41-39(34)51-57-53-41)45-49-37-21-19-29-27-16-18-32-30(28(27)15-17-31(29)43(37)55(45)7)20-22-38-44(32)56(8)46(50-38)48(6,12-4)24-14-10-2/h15-22,25-26H,9-14,23-24H2,1-8H3. The van der Waals surface area contributed by atoms with E-state index in [9.17, 15) is 0 Å². The van der Waals surface area contributed by atoms with Crippen LogP contribution >= 0.6 is 23.5 Å². The second-order valence-electron chi connectivity index (χ2n) is 17.2. The fourth-order valence-electron chi connectivity index (χ4n) is 10.0. The van der Waals surface area contributed by atoms with Crippen molar-refractivity contribution in [3.05, 3.63) is 72.1 Å². The molecule has 2 atom stereocenters. The van der Waals surface area contributed by atoms with Crippen molar-refractivity contribution in [1.82, 2.24) is 36.6 Å². The molecule has 0 fully saturated rings. The number of hydrogen-bond donors (Lipinski definition) is 0. The quantitative estimate of drug-likeness (QED) is 0.121. The van der Waals surface area contributed by atoms with E-state index in [0.29, 0.717) is 0 Å². The summed E-state index contributed by atoms with van der Waals surface area (Å²) in [7, 11) is 4.34. The molecule has 0 aliphatic carbocycles. The van der Waals surface area contributed by atoms with Crippen LogP contribution < -0.4 is 0 Å². The number of unbranched alkanes of at least 4 members (excludes halogenated alkanes) is 2. The van der Waals surface area contributed by atoms with Gasteiger partial charge in [0.1, 0.15) is 33.7 Å². The summed E-state index contributed by atoms with van der Waals surface area (Å²) < 4.78 is 24.3. The van der Waals surface area contributed by atoms with E-state index in [4.69, 9.17) is 27.5 Å². The van der Waals surface area contributed by atoms with Gasteiger partial charge in [0.15, 0.2) is 0 Å². The Morgan fingerprint density at radius 3 is 1.62 bits per heavy atom. The normalized spacial score (nSPS) is 14.7. The summed E-state index contributed by atoms with van der Waals surface area (Å²) in [4.78, 5) is 10.6. The van der Waals surface area contributed by atoms with E-state index in [1.807, 2.05) is 0 Å². The molecular formula is C48H50N8S2. The van der Waals surface area contributed by atoms with Gasteiger partial charge in [0.05, 0.1) is 45.5 Å². The lowest BCUT2D eigenvalue weighted by molar-refractivity contribution is 0.372. The predicted molar refractivity (Wildman–Crippen MR) is 247 cm³/mol. The Morgan fingerprint density at radius 2 is 1.00 bits per heavy atom. The summed E-state index contributed by atoms with van der Waals surface area (Å²) in [5.74, 6) is 2.06. The summed E-state index contributed by atoms with van der Waals surface area (Å²) in [6, 6.07) is 22.7. The topological polar surface area (TPSA) is 87.2 Å². The average molecular weight is 803 g/mol. The maximum absolute atomic E-state index is 5.32. The molecule has 0 amide bonds. The maximum Gasteiger partial charge on any atom is 0.143 e. The Bertz CT molecular complexity index is 3260. The van der Waals surface area contributed by atoms with Crippen molar-refractivity contribution in [1.29, 1.82) is 0 Å². The van der Waals surface area contributed by atoms with Crippen molar-refractivity contribution in [2.24, 2.45) is 14.1 Å². The first kappa shape index (κ1) is 37.2. The lowest BCUT2D eigenvalue weighted by atomic mass is 9.75. The minimum absolute atomic E-state index is 0.000551. The third kappa shape index (κ3) is 5.29. The molecule has 0 N–H and O–H groups in total. The first-order chi connectivity index (χ1) is 28.1. The zero-order valence-corrected chi connectivity index (χ0v) is 36.5. The first-order valence-corrected chi connectivity index (χ1v) is 22.6. The highest BCUT2D eigenvalue weighted by molar-refractivity contribution is 7.00. The van der Waals surface area contributed by atoms with E-state index >= 15 is 0 Å². The predicted octanol–water partition coefficient (Wildman–Crippen LogP) is 13.5. The summed E-state index contributed by atoms with van der Waals surface area (Å²) in [5, 5.41) is 9.54. The third-order valence-corrected chi connectivity index (χ3v) is 14.9. The Kier molecular flexibility index (Phi) is 8.84. The molecule has 0 saturated carbocycles. The van der Waals surface area contributed by atoms with Crippen molar-refractivity contribution in [2.75, 3.05) is 0 Å². The minimum atomic E-state index is 0.000551. The third-order valence-electron chi connectivity index (χ3n) is 13.9. The van der Waals surface area contributed by atoms with Crippen LogP contribution in [0.25, 0.3) is 98.6 Å². The number of nitrogens with zero attached hydrogens (tertiary/aromatic N) is 8. The van der Waals surface area contributed by atoms with E-state index < -0.39 is 0 Å². The zero-order chi connectivity index (χ0) is 40.1. The highest BCUT2D eigenvalue weighted by Crippen LogP contribution is 2.45. The number of fused-ring (bicyclic) bond motifs is 14. The molecule has 0 bridgehead atoms. The number of aryl methyl sites for hydroxylation is 2. The van der Waals surface area contributed by atoms with Gasteiger partial charge in [-0.15, -0.1) is 0 Å². The number of aromatic nitrogens is 8. The summed E-state index contributed by atoms with van der Waals surface area (Å²) in [6.45, 7) is 13.9. The van der Waals surface area contributed by atoms with Gasteiger partial charge in [-0.25, -0.2) is 9.97 Å². The summed E-state index contributed by atoms with van der Waals surface area (Å²) in [6.07, 6.45) is 9.10. The highest BCUT2D eigenvalue weighted by Gasteiger charge is 2.32. The van der Waals surface area contributed by atoms with E-state index in [1.165, 1.54) is 98.4 Å². The molecule has 4 heterocycles. The molecule has 58 heavy (non-hydrogen) atoms. The van der Waals surface area contributed by atoms with Gasteiger partial charge < -0.3 is 9.13 Å². The van der Waals surface area contributed by atoms with Gasteiger partial charge in [0.2, 0.25) is 0 Å². The Labute approximate surface area is 347 Å². The Morgan fingerprint density at radius 1 is 0.517 bits per heavy atom. The van der Waals surface area contributed by atoms with Crippen LogP contribution in [-0.4, -0.2) is 36.6 Å². The van der Waals surface area contributed by atoms with Crippen LogP contribution in [0.3, 0.4) is 0 Å². The Balaban J connectivity index is 1.14. The van der Waals surface area contributed by atoms with Crippen LogP contribution in [0.4, 0.5) is 0 Å². The summed E-state index contributed by atoms with van der Waals surface area (Å²) in [5.41, 5.74) is 10.4. The van der Waals surface area contributed by atoms with Crippen LogP contribution in [0, 0.1) is 0 Å². The maximum atomic E-state index is 5.32. The van der Waals surface area contributed by atoms with E-state index in [2.05, 4.69) is 125 Å². The van der Waals surface area contributed by atoms with Crippen molar-refractivity contribution in [2.45, 2.75) is 104 Å². The van der Waals surface area contributed by atoms with Gasteiger partial charge in [-0.1, -0.05) is 104 Å². The molecule has 0 radical (unpaired) electrons. The molecule has 4 aromatic heterocycles. The molecule has 10 rings (SSSR count). The van der Waals surface area contributed by atoms with Gasteiger partial charge in [0.25, 0.3) is 0 Å². The van der Waals surface area contributed by atoms with Crippen LogP contribution in [0.2, 0.25) is 0 Å². The van der Waals surface area contributed by atoms with Crippen molar-refractivity contribution in [3.63, 3.8) is 0 Å². The van der Waals surface area contributed by atoms with Crippen LogP contribution in [-0.2, 0) is 24.9 Å². The molecule has 8 nitrogen and oxygen atoms in total. The molecule has 0 aliphatic heterocycles. The number of rotatable bonds is 11. The average Bonchev–Trinajstić information content (AvgIpc) is 4.07. The van der Waals surface area contributed by atoms with Crippen LogP contribution in [0.15, 0.2) is 60.7 Å². The van der Waals surface area contributed by atoms with Gasteiger partial charge in [0, 0.05) is 46.6 Å². The molecule has 6 aromatic carbocycles. The SMILES string of the molecule is CCCCC(C)(CC)c1cc2c(cc(-c3nc4ccc5c6ccc7c(ccc8nc(C(C)(CC)CCCC)n(C)c87)c6ccc5c4n3C)c3nsnc32)c2nsnc12. The Hall–Kier alpha value is -5.06. The molecule has 10 heteroatoms. The van der Waals surface area contributed by atoms with Crippen molar-refractivity contribution < 1.29 is 0 Å². The number of hydrogen-bond acceptors (Lipinski definition) is 8. The number of imidazole rings is 2. The molecule has 10 aromatic rings. The van der Waals surface area contributed by atoms with Gasteiger partial charge in [-0.3, -0.25) is 0 Å². The monoisotopic (exact) mass is 802 g/mol. The lowest BCUT2D eigenvalue weighted by Crippen LogP contribution is -2.25. The van der Waals surface area contributed by atoms with Gasteiger partial charge >= 0.3 is 0 Å². The van der Waals surface area contributed by atoms with E-state index in [-0.39, 0.29) is 10.8 Å². The summed E-state index contributed by atoms with van der Waals surface area (Å²) >= 11 is 2.57. The van der Waals surface area contributed by atoms with Crippen molar-refractivity contribution >= 4 is 111 Å². The smallest absolute Gasteiger partial charge is 0.143 e. The highest BCUT2D eigenvalue weighted by atomic mass is 32.1. The fraction of sp³-hybridized carbons (Fsp3) is 0.375. The molecule has 2 unspecified atom stereocenters. The first-order valence-electron chi connectivity index (χ1n) is 21.1. The number of benzene rings is 6. The van der Waals surface area contributed by atoms with E-state index in [1.54, 1.807) is 0 Å². The zero-order valence-electron chi connectivity index (χ0n) is 34.8. The van der Waals surface area contributed by atoms with Crippen LogP contribution in [0.5, 0.6) is 0 Å². The van der Waals surface area contributed by atoms with Gasteiger partial charge in [-0.05, 0) is 82.5 Å². The largest absolute Gasteiger partial charge is 0.330 e. The molecule has 294 valence electrons. The molecule has 0 aliphatic rings. The molecule has 0 saturated heterocycles. The fourth-order valence-corrected chi connectivity index (χ4v) is 11.2. The van der Waals surface area contributed by atoms with E-state index in [0.717, 1.165) is 86.5 Å². The van der Waals surface area contributed by atoms with Gasteiger partial charge in [-0.2, -0.15) is 17.5 Å². The van der Waals surface area contributed by atoms with Crippen LogP contribution in [0.1, 0.15) is 104 Å². The molecule has 0 spiro atoms. The molecular weight excluding hydrogens is 753 g/mol.